The molecule has 9 heteroatoms. The summed E-state index contributed by atoms with van der Waals surface area (Å²) in [5, 5.41) is 17.1. The van der Waals surface area contributed by atoms with Gasteiger partial charge in [-0.25, -0.2) is 4.39 Å². The minimum absolute atomic E-state index is 0.00812. The molecule has 32 heavy (non-hydrogen) atoms. The van der Waals surface area contributed by atoms with Crippen LogP contribution in [0.3, 0.4) is 0 Å². The van der Waals surface area contributed by atoms with Crippen molar-refractivity contribution < 1.29 is 23.8 Å². The zero-order valence-corrected chi connectivity index (χ0v) is 19.0. The molecular weight excluding hydrogens is 458 g/mol. The van der Waals surface area contributed by atoms with Gasteiger partial charge in [0.05, 0.1) is 5.02 Å². The Morgan fingerprint density at radius 2 is 1.69 bits per heavy atom. The third-order valence-electron chi connectivity index (χ3n) is 5.25. The number of halogens is 3. The second-order valence-corrected chi connectivity index (χ2v) is 8.65. The van der Waals surface area contributed by atoms with Gasteiger partial charge < -0.3 is 25.2 Å². The van der Waals surface area contributed by atoms with Crippen LogP contribution in [0.25, 0.3) is 0 Å². The summed E-state index contributed by atoms with van der Waals surface area (Å²) in [7, 11) is 0. The number of hydrogen-bond donors (Lipinski definition) is 3. The van der Waals surface area contributed by atoms with Crippen molar-refractivity contribution in [1.29, 1.82) is 0 Å². The zero-order valence-electron chi connectivity index (χ0n) is 17.5. The standard InChI is InChI=1S/C23H27Cl2FN2O4/c24-15-1-7-19(8-2-15)31-13-18(29)12-27-16-3-5-17(6-4-16)28-23(30)14-32-20-9-10-21(25)22(26)11-20/h1-2,7-11,16-18,27,29H,3-6,12-14H2,(H,28,30)/t16-,17-,18?. The molecule has 1 atom stereocenters. The lowest BCUT2D eigenvalue weighted by molar-refractivity contribution is -0.124. The van der Waals surface area contributed by atoms with E-state index in [9.17, 15) is 14.3 Å². The number of ether oxygens (including phenoxy) is 2. The molecule has 3 N–H and O–H groups in total. The van der Waals surface area contributed by atoms with E-state index in [1.807, 2.05) is 0 Å². The molecule has 3 rings (SSSR count). The van der Waals surface area contributed by atoms with Crippen LogP contribution in [0.5, 0.6) is 11.5 Å². The lowest BCUT2D eigenvalue weighted by Crippen LogP contribution is -2.45. The first kappa shape index (κ1) is 24.6. The van der Waals surface area contributed by atoms with E-state index in [-0.39, 0.29) is 42.0 Å². The lowest BCUT2D eigenvalue weighted by atomic mass is 9.91. The number of carbonyl (C=O) groups excluding carboxylic acids is 1. The van der Waals surface area contributed by atoms with Gasteiger partial charge in [-0.05, 0) is 62.1 Å². The molecule has 0 aromatic heterocycles. The molecule has 0 saturated heterocycles. The van der Waals surface area contributed by atoms with Gasteiger partial charge in [-0.3, -0.25) is 4.79 Å². The van der Waals surface area contributed by atoms with Crippen LogP contribution in [0.2, 0.25) is 10.0 Å². The van der Waals surface area contributed by atoms with Gasteiger partial charge >= 0.3 is 0 Å². The molecule has 1 aliphatic carbocycles. The van der Waals surface area contributed by atoms with Crippen LogP contribution in [-0.4, -0.2) is 49.0 Å². The molecular formula is C23H27Cl2FN2O4. The fourth-order valence-electron chi connectivity index (χ4n) is 3.51. The minimum Gasteiger partial charge on any atom is -0.491 e. The van der Waals surface area contributed by atoms with E-state index in [1.165, 1.54) is 12.1 Å². The van der Waals surface area contributed by atoms with Gasteiger partial charge in [-0.15, -0.1) is 0 Å². The highest BCUT2D eigenvalue weighted by atomic mass is 35.5. The zero-order chi connectivity index (χ0) is 22.9. The van der Waals surface area contributed by atoms with Crippen LogP contribution in [0, 0.1) is 5.82 Å². The van der Waals surface area contributed by atoms with E-state index in [2.05, 4.69) is 10.6 Å². The highest BCUT2D eigenvalue weighted by Gasteiger charge is 2.23. The van der Waals surface area contributed by atoms with Crippen LogP contribution in [0.1, 0.15) is 25.7 Å². The van der Waals surface area contributed by atoms with Crippen LogP contribution in [0.4, 0.5) is 4.39 Å². The van der Waals surface area contributed by atoms with E-state index < -0.39 is 11.9 Å². The number of hydrogen-bond acceptors (Lipinski definition) is 5. The Balaban J connectivity index is 1.28. The summed E-state index contributed by atoms with van der Waals surface area (Å²) in [5.74, 6) is 0.0898. The Morgan fingerprint density at radius 1 is 1.03 bits per heavy atom. The summed E-state index contributed by atoms with van der Waals surface area (Å²) in [6.07, 6.45) is 2.81. The Bertz CT molecular complexity index is 877. The van der Waals surface area contributed by atoms with Gasteiger partial charge in [0.25, 0.3) is 5.91 Å². The Kier molecular flexibility index (Phi) is 9.41. The lowest BCUT2D eigenvalue weighted by Gasteiger charge is -2.30. The highest BCUT2D eigenvalue weighted by molar-refractivity contribution is 6.30. The molecule has 1 amide bonds. The fraction of sp³-hybridized carbons (Fsp3) is 0.435. The smallest absolute Gasteiger partial charge is 0.258 e. The van der Waals surface area contributed by atoms with E-state index in [1.54, 1.807) is 24.3 Å². The van der Waals surface area contributed by atoms with Crippen molar-refractivity contribution in [2.45, 2.75) is 43.9 Å². The molecule has 0 spiro atoms. The second-order valence-electron chi connectivity index (χ2n) is 7.81. The summed E-state index contributed by atoms with van der Waals surface area (Å²) in [6, 6.07) is 11.4. The molecule has 0 heterocycles. The van der Waals surface area contributed by atoms with Gasteiger partial charge in [0.1, 0.15) is 30.0 Å². The number of rotatable bonds is 10. The van der Waals surface area contributed by atoms with Gasteiger partial charge in [0, 0.05) is 29.7 Å². The summed E-state index contributed by atoms with van der Waals surface area (Å²) in [5.41, 5.74) is 0. The molecule has 0 bridgehead atoms. The number of nitrogens with one attached hydrogen (secondary N) is 2. The molecule has 1 aliphatic rings. The monoisotopic (exact) mass is 484 g/mol. The molecule has 1 fully saturated rings. The van der Waals surface area contributed by atoms with Gasteiger partial charge in [-0.2, -0.15) is 0 Å². The molecule has 6 nitrogen and oxygen atoms in total. The third-order valence-corrected chi connectivity index (χ3v) is 5.81. The average molecular weight is 485 g/mol. The maximum absolute atomic E-state index is 13.4. The normalized spacial score (nSPS) is 19.2. The first-order valence-electron chi connectivity index (χ1n) is 10.6. The van der Waals surface area contributed by atoms with Crippen molar-refractivity contribution >= 4 is 29.1 Å². The molecule has 1 saturated carbocycles. The summed E-state index contributed by atoms with van der Waals surface area (Å²) < 4.78 is 24.3. The predicted molar refractivity (Wildman–Crippen MR) is 122 cm³/mol. The van der Waals surface area contributed by atoms with Gasteiger partial charge in [0.2, 0.25) is 0 Å². The van der Waals surface area contributed by atoms with E-state index in [0.717, 1.165) is 31.7 Å². The first-order valence-corrected chi connectivity index (χ1v) is 11.3. The summed E-state index contributed by atoms with van der Waals surface area (Å²) in [6.45, 7) is 0.442. The summed E-state index contributed by atoms with van der Waals surface area (Å²) >= 11 is 11.5. The van der Waals surface area contributed by atoms with Gasteiger partial charge in [-0.1, -0.05) is 23.2 Å². The quantitative estimate of drug-likeness (QED) is 0.475. The molecule has 0 aliphatic heterocycles. The van der Waals surface area contributed by atoms with Crippen molar-refractivity contribution in [2.75, 3.05) is 19.8 Å². The first-order chi connectivity index (χ1) is 15.4. The highest BCUT2D eigenvalue weighted by Crippen LogP contribution is 2.21. The number of carbonyl (C=O) groups is 1. The Morgan fingerprint density at radius 3 is 2.38 bits per heavy atom. The van der Waals surface area contributed by atoms with Crippen molar-refractivity contribution in [2.24, 2.45) is 0 Å². The Labute approximate surface area is 197 Å². The van der Waals surface area contributed by atoms with Crippen LogP contribution >= 0.6 is 23.2 Å². The minimum atomic E-state index is -0.627. The van der Waals surface area contributed by atoms with Crippen LogP contribution < -0.4 is 20.1 Å². The molecule has 0 radical (unpaired) electrons. The number of benzene rings is 2. The molecule has 2 aromatic rings. The SMILES string of the molecule is O=C(COc1ccc(Cl)c(F)c1)N[C@H]1CC[C@H](NCC(O)COc2ccc(Cl)cc2)CC1. The number of aliphatic hydroxyl groups is 1. The van der Waals surface area contributed by atoms with Crippen molar-refractivity contribution in [3.05, 3.63) is 58.3 Å². The average Bonchev–Trinajstić information content (AvgIpc) is 2.79. The van der Waals surface area contributed by atoms with E-state index in [0.29, 0.717) is 17.3 Å². The van der Waals surface area contributed by atoms with E-state index in [4.69, 9.17) is 32.7 Å². The van der Waals surface area contributed by atoms with Crippen molar-refractivity contribution in [1.82, 2.24) is 10.6 Å². The van der Waals surface area contributed by atoms with Crippen LogP contribution in [0.15, 0.2) is 42.5 Å². The second kappa shape index (κ2) is 12.3. The maximum atomic E-state index is 13.4. The van der Waals surface area contributed by atoms with E-state index >= 15 is 0 Å². The van der Waals surface area contributed by atoms with Gasteiger partial charge in [0.15, 0.2) is 6.61 Å². The topological polar surface area (TPSA) is 79.8 Å². The Hall–Kier alpha value is -2.06. The van der Waals surface area contributed by atoms with Crippen molar-refractivity contribution in [3.63, 3.8) is 0 Å². The molecule has 1 unspecified atom stereocenters. The van der Waals surface area contributed by atoms with Crippen LogP contribution in [-0.2, 0) is 4.79 Å². The van der Waals surface area contributed by atoms with Crippen molar-refractivity contribution in [3.8, 4) is 11.5 Å². The maximum Gasteiger partial charge on any atom is 0.258 e. The fourth-order valence-corrected chi connectivity index (χ4v) is 3.76. The molecule has 2 aromatic carbocycles. The largest absolute Gasteiger partial charge is 0.491 e. The number of amides is 1. The summed E-state index contributed by atoms with van der Waals surface area (Å²) in [4.78, 5) is 12.1. The third kappa shape index (κ3) is 8.13. The number of aliphatic hydroxyl groups excluding tert-OH is 1. The predicted octanol–water partition coefficient (Wildman–Crippen LogP) is 3.97. The molecule has 174 valence electrons.